The van der Waals surface area contributed by atoms with Gasteiger partial charge in [-0.25, -0.2) is 8.78 Å². The molecule has 0 saturated carbocycles. The third-order valence-electron chi connectivity index (χ3n) is 21.3. The molecule has 92 heavy (non-hydrogen) atoms. The van der Waals surface area contributed by atoms with Gasteiger partial charge in [-0.3, -0.25) is 0 Å². The second kappa shape index (κ2) is 21.2. The summed E-state index contributed by atoms with van der Waals surface area (Å²) in [5.74, 6) is 0.111. The van der Waals surface area contributed by atoms with Gasteiger partial charge in [0.15, 0.2) is 0 Å². The maximum atomic E-state index is 14.5. The fraction of sp³-hybridized carbons (Fsp3) is 0.159. The predicted molar refractivity (Wildman–Crippen MR) is 381 cm³/mol. The van der Waals surface area contributed by atoms with Crippen LogP contribution in [0.15, 0.2) is 261 Å². The third-order valence-corrected chi connectivity index (χ3v) is 21.3. The van der Waals surface area contributed by atoms with Crippen LogP contribution in [-0.4, -0.2) is 0 Å². The van der Waals surface area contributed by atoms with Gasteiger partial charge in [0, 0.05) is 56.3 Å². The number of hydrogen-bond donors (Lipinski definition) is 0. The van der Waals surface area contributed by atoms with Gasteiger partial charge in [0.2, 0.25) is 0 Å². The van der Waals surface area contributed by atoms with Gasteiger partial charge in [0.1, 0.15) is 11.6 Å². The van der Waals surface area contributed by atoms with E-state index in [1.807, 2.05) is 24.3 Å². The molecule has 0 N–H and O–H groups in total. The van der Waals surface area contributed by atoms with Crippen LogP contribution in [0.25, 0.3) is 68.8 Å². The van der Waals surface area contributed by atoms with E-state index in [0.717, 1.165) is 56.4 Å². The van der Waals surface area contributed by atoms with E-state index in [9.17, 15) is 8.78 Å². The van der Waals surface area contributed by atoms with Crippen molar-refractivity contribution < 1.29 is 8.78 Å². The van der Waals surface area contributed by atoms with Gasteiger partial charge in [-0.15, -0.1) is 0 Å². The summed E-state index contributed by atoms with van der Waals surface area (Å²) >= 11 is 0. The number of benzene rings is 11. The average Bonchev–Trinajstić information content (AvgIpc) is 1.60. The molecule has 5 aliphatic rings. The second-order valence-corrected chi connectivity index (χ2v) is 28.1. The number of allylic oxidation sites excluding steroid dienone is 3. The molecule has 11 aromatic carbocycles. The summed E-state index contributed by atoms with van der Waals surface area (Å²) in [6.07, 6.45) is 16.0. The Labute approximate surface area is 540 Å². The highest BCUT2D eigenvalue weighted by atomic mass is 19.1. The summed E-state index contributed by atoms with van der Waals surface area (Å²) in [5.41, 5.74) is 30.6. The van der Waals surface area contributed by atoms with Crippen molar-refractivity contribution in [2.45, 2.75) is 83.0 Å². The highest BCUT2D eigenvalue weighted by molar-refractivity contribution is 5.90. The lowest BCUT2D eigenvalue weighted by molar-refractivity contribution is 0.392. The number of rotatable bonds is 11. The number of nitrogens with zero attached hydrogens (tertiary/aromatic N) is 2. The minimum absolute atomic E-state index is 0.0371. The molecule has 2 unspecified atom stereocenters. The van der Waals surface area contributed by atoms with Gasteiger partial charge in [0.25, 0.3) is 0 Å². The molecule has 0 bridgehead atoms. The number of halogens is 2. The lowest BCUT2D eigenvalue weighted by Gasteiger charge is -2.35. The Morgan fingerprint density at radius 3 is 1.17 bits per heavy atom. The molecular weight excluding hydrogens is 1120 g/mol. The molecular formula is C88H72F2N2. The Kier molecular flexibility index (Phi) is 13.2. The van der Waals surface area contributed by atoms with Crippen molar-refractivity contribution in [3.8, 4) is 44.5 Å². The fourth-order valence-corrected chi connectivity index (χ4v) is 16.2. The molecule has 0 amide bonds. The van der Waals surface area contributed by atoms with Crippen LogP contribution < -0.4 is 9.80 Å². The van der Waals surface area contributed by atoms with E-state index in [4.69, 9.17) is 0 Å². The first kappa shape index (κ1) is 57.0. The quantitative estimate of drug-likeness (QED) is 0.119. The Morgan fingerprint density at radius 2 is 0.685 bits per heavy atom. The van der Waals surface area contributed by atoms with Gasteiger partial charge >= 0.3 is 0 Å². The minimum Gasteiger partial charge on any atom is -0.311 e. The van der Waals surface area contributed by atoms with Crippen LogP contribution in [0.5, 0.6) is 0 Å². The molecule has 0 radical (unpaired) electrons. The SMILES string of the molecule is CC1(C)c2cc(C=Cc3ccc(-c4ccc(C=Cc5ccc6c(c5)C(C)(C)c5cc(N(c7ccc(F)cc7)c7ccc8c(c7)C(C)(C)c7ccccc7-8)ccc5-6)cc4)cc3)ccc2-c2ccc(N(C3=CC4C(C=C3)c3ccccc3C4(C)C)c3ccc(F)cc3)cc21. The van der Waals surface area contributed by atoms with Crippen molar-refractivity contribution >= 4 is 52.7 Å². The molecule has 2 atom stereocenters. The van der Waals surface area contributed by atoms with E-state index >= 15 is 0 Å². The smallest absolute Gasteiger partial charge is 0.123 e. The van der Waals surface area contributed by atoms with Crippen LogP contribution in [-0.2, 0) is 21.7 Å². The summed E-state index contributed by atoms with van der Waals surface area (Å²) in [4.78, 5) is 4.59. The molecule has 0 saturated heterocycles. The summed E-state index contributed by atoms with van der Waals surface area (Å²) in [5, 5.41) is 0. The predicted octanol–water partition coefficient (Wildman–Crippen LogP) is 23.6. The van der Waals surface area contributed by atoms with Crippen LogP contribution in [0.3, 0.4) is 0 Å². The molecule has 5 aliphatic carbocycles. The monoisotopic (exact) mass is 1190 g/mol. The van der Waals surface area contributed by atoms with E-state index in [-0.39, 0.29) is 39.2 Å². The van der Waals surface area contributed by atoms with Crippen molar-refractivity contribution in [2.75, 3.05) is 9.80 Å². The van der Waals surface area contributed by atoms with Gasteiger partial charge in [-0.05, 0) is 214 Å². The molecule has 11 aromatic rings. The molecule has 4 heteroatoms. The summed E-state index contributed by atoms with van der Waals surface area (Å²) in [6.45, 7) is 18.7. The fourth-order valence-electron chi connectivity index (χ4n) is 16.2. The van der Waals surface area contributed by atoms with Crippen molar-refractivity contribution in [3.63, 3.8) is 0 Å². The van der Waals surface area contributed by atoms with Crippen molar-refractivity contribution in [3.05, 3.63) is 339 Å². The van der Waals surface area contributed by atoms with Crippen LogP contribution in [0.4, 0.5) is 37.2 Å². The normalized spacial score (nSPS) is 17.5. The first-order valence-electron chi connectivity index (χ1n) is 32.4. The van der Waals surface area contributed by atoms with Crippen molar-refractivity contribution in [1.29, 1.82) is 0 Å². The zero-order chi connectivity index (χ0) is 63.0. The standard InChI is InChI=1S/C88H72F2N2/c1-85(2)77-15-11-9-13-69(77)73-45-39-65(51-81(73)85)91(63-35-31-61(89)32-36-63)67-41-47-75-71-43-25-57(49-79(71)87(5,6)83(75)53-67)19-17-55-21-27-59(28-22-55)60-29-23-56(24-30-60)18-20-58-26-44-72-76-48-42-68(54-84(76)88(7,8)80(72)50-58)92(64-37-33-62(90)34-38-64)66-40-46-74-70-14-10-12-16-78(70)86(3,4)82(74)52-66/h9-54,73,81H,1-8H3. The maximum Gasteiger partial charge on any atom is 0.123 e. The number of hydrogen-bond acceptors (Lipinski definition) is 2. The van der Waals surface area contributed by atoms with Gasteiger partial charge in [-0.1, -0.05) is 244 Å². The van der Waals surface area contributed by atoms with Gasteiger partial charge < -0.3 is 9.80 Å². The highest BCUT2D eigenvalue weighted by Gasteiger charge is 2.46. The lowest BCUT2D eigenvalue weighted by atomic mass is 9.74. The minimum atomic E-state index is -0.261. The maximum absolute atomic E-state index is 14.5. The van der Waals surface area contributed by atoms with E-state index in [1.54, 1.807) is 24.3 Å². The van der Waals surface area contributed by atoms with E-state index in [0.29, 0.717) is 5.92 Å². The van der Waals surface area contributed by atoms with E-state index in [2.05, 4.69) is 296 Å². The van der Waals surface area contributed by atoms with Crippen molar-refractivity contribution in [2.24, 2.45) is 5.92 Å². The molecule has 0 fully saturated rings. The average molecular weight is 1200 g/mol. The Morgan fingerprint density at radius 1 is 0.326 bits per heavy atom. The Bertz CT molecular complexity index is 4930. The molecule has 0 spiro atoms. The molecule has 2 nitrogen and oxygen atoms in total. The van der Waals surface area contributed by atoms with Crippen LogP contribution in [0.1, 0.15) is 128 Å². The molecule has 16 rings (SSSR count). The second-order valence-electron chi connectivity index (χ2n) is 28.1. The van der Waals surface area contributed by atoms with Crippen molar-refractivity contribution in [1.82, 2.24) is 0 Å². The molecule has 448 valence electrons. The molecule has 0 aromatic heterocycles. The van der Waals surface area contributed by atoms with E-state index in [1.165, 1.54) is 89.0 Å². The number of fused-ring (bicyclic) bond motifs is 12. The van der Waals surface area contributed by atoms with Gasteiger partial charge in [0.05, 0.1) is 0 Å². The summed E-state index contributed by atoms with van der Waals surface area (Å²) in [7, 11) is 0. The summed E-state index contributed by atoms with van der Waals surface area (Å²) in [6, 6.07) is 83.4. The van der Waals surface area contributed by atoms with Gasteiger partial charge in [-0.2, -0.15) is 0 Å². The zero-order valence-corrected chi connectivity index (χ0v) is 53.4. The van der Waals surface area contributed by atoms with Crippen LogP contribution in [0.2, 0.25) is 0 Å². The first-order valence-corrected chi connectivity index (χ1v) is 32.4. The first-order chi connectivity index (χ1) is 44.4. The zero-order valence-electron chi connectivity index (χ0n) is 53.4. The van der Waals surface area contributed by atoms with Crippen LogP contribution >= 0.6 is 0 Å². The molecule has 0 heterocycles. The topological polar surface area (TPSA) is 6.48 Å². The molecule has 0 aliphatic heterocycles. The van der Waals surface area contributed by atoms with E-state index < -0.39 is 0 Å². The highest BCUT2D eigenvalue weighted by Crippen LogP contribution is 2.57. The summed E-state index contributed by atoms with van der Waals surface area (Å²) < 4.78 is 29.0. The Hall–Kier alpha value is -10.2. The Balaban J connectivity index is 0.600. The van der Waals surface area contributed by atoms with Crippen LogP contribution in [0, 0.1) is 17.6 Å². The third kappa shape index (κ3) is 9.23. The number of anilines is 5. The largest absolute Gasteiger partial charge is 0.311 e. The lowest BCUT2D eigenvalue weighted by Crippen LogP contribution is -2.28.